The Hall–Kier alpha value is -1.12. The fourth-order valence-electron chi connectivity index (χ4n) is 2.58. The highest BCUT2D eigenvalue weighted by Gasteiger charge is 2.14. The number of fused-ring (bicyclic) bond motifs is 1. The third kappa shape index (κ3) is 2.15. The SMILES string of the molecule is N[C@@H](c1ccc2c(c1)CCCC2)c1cccs1. The van der Waals surface area contributed by atoms with E-state index in [4.69, 9.17) is 5.73 Å². The van der Waals surface area contributed by atoms with Crippen molar-refractivity contribution in [2.24, 2.45) is 5.73 Å². The van der Waals surface area contributed by atoms with Crippen LogP contribution >= 0.6 is 11.3 Å². The number of thiophene rings is 1. The maximum Gasteiger partial charge on any atom is 0.0646 e. The molecule has 1 aromatic heterocycles. The van der Waals surface area contributed by atoms with Crippen molar-refractivity contribution in [3.63, 3.8) is 0 Å². The van der Waals surface area contributed by atoms with E-state index in [2.05, 4.69) is 35.7 Å². The highest BCUT2D eigenvalue weighted by molar-refractivity contribution is 7.10. The molecule has 1 aliphatic rings. The average Bonchev–Trinajstić information content (AvgIpc) is 2.91. The van der Waals surface area contributed by atoms with Crippen LogP contribution in [0.15, 0.2) is 35.7 Å². The van der Waals surface area contributed by atoms with Crippen LogP contribution in [0.4, 0.5) is 0 Å². The van der Waals surface area contributed by atoms with Crippen molar-refractivity contribution in [2.75, 3.05) is 0 Å². The van der Waals surface area contributed by atoms with Crippen molar-refractivity contribution < 1.29 is 0 Å². The Morgan fingerprint density at radius 1 is 1.06 bits per heavy atom. The van der Waals surface area contributed by atoms with Crippen molar-refractivity contribution in [1.82, 2.24) is 0 Å². The highest BCUT2D eigenvalue weighted by atomic mass is 32.1. The summed E-state index contributed by atoms with van der Waals surface area (Å²) in [4.78, 5) is 1.25. The maximum absolute atomic E-state index is 6.30. The molecule has 1 heterocycles. The standard InChI is InChI=1S/C15H17NS/c16-15(14-6-3-9-17-14)13-8-7-11-4-1-2-5-12(11)10-13/h3,6-10,15H,1-2,4-5,16H2/t15-/m0/s1. The summed E-state index contributed by atoms with van der Waals surface area (Å²) in [6.45, 7) is 0. The molecule has 2 heteroatoms. The number of aryl methyl sites for hydroxylation is 2. The van der Waals surface area contributed by atoms with Crippen LogP contribution in [0.25, 0.3) is 0 Å². The molecule has 0 spiro atoms. The van der Waals surface area contributed by atoms with Gasteiger partial charge in [-0.05, 0) is 53.8 Å². The van der Waals surface area contributed by atoms with Gasteiger partial charge in [0.2, 0.25) is 0 Å². The van der Waals surface area contributed by atoms with Crippen LogP contribution in [-0.4, -0.2) is 0 Å². The minimum Gasteiger partial charge on any atom is -0.320 e. The zero-order valence-corrected chi connectivity index (χ0v) is 10.7. The highest BCUT2D eigenvalue weighted by Crippen LogP contribution is 2.28. The summed E-state index contributed by atoms with van der Waals surface area (Å²) >= 11 is 1.74. The number of nitrogens with two attached hydrogens (primary N) is 1. The van der Waals surface area contributed by atoms with Crippen molar-refractivity contribution in [3.05, 3.63) is 57.3 Å². The van der Waals surface area contributed by atoms with Crippen LogP contribution in [0.1, 0.15) is 40.5 Å². The van der Waals surface area contributed by atoms with Gasteiger partial charge in [0.05, 0.1) is 6.04 Å². The van der Waals surface area contributed by atoms with Crippen molar-refractivity contribution in [2.45, 2.75) is 31.7 Å². The van der Waals surface area contributed by atoms with E-state index in [1.54, 1.807) is 11.3 Å². The van der Waals surface area contributed by atoms with Gasteiger partial charge in [-0.25, -0.2) is 0 Å². The van der Waals surface area contributed by atoms with Gasteiger partial charge in [0.25, 0.3) is 0 Å². The Bertz CT molecular complexity index is 502. The molecule has 0 aliphatic heterocycles. The van der Waals surface area contributed by atoms with E-state index in [0.717, 1.165) is 0 Å². The first kappa shape index (κ1) is 11.0. The molecule has 0 saturated heterocycles. The van der Waals surface area contributed by atoms with E-state index in [1.165, 1.54) is 47.3 Å². The summed E-state index contributed by atoms with van der Waals surface area (Å²) < 4.78 is 0. The Morgan fingerprint density at radius 2 is 1.88 bits per heavy atom. The molecule has 0 fully saturated rings. The predicted molar refractivity (Wildman–Crippen MR) is 73.4 cm³/mol. The Balaban J connectivity index is 1.93. The van der Waals surface area contributed by atoms with Crippen LogP contribution < -0.4 is 5.73 Å². The van der Waals surface area contributed by atoms with E-state index in [0.29, 0.717) is 0 Å². The number of rotatable bonds is 2. The largest absolute Gasteiger partial charge is 0.320 e. The molecule has 0 unspecified atom stereocenters. The van der Waals surface area contributed by atoms with Crippen molar-refractivity contribution in [3.8, 4) is 0 Å². The van der Waals surface area contributed by atoms with Gasteiger partial charge in [0.1, 0.15) is 0 Å². The minimum absolute atomic E-state index is 0.0437. The Kier molecular flexibility index (Phi) is 3.00. The predicted octanol–water partition coefficient (Wildman–Crippen LogP) is 3.68. The zero-order valence-electron chi connectivity index (χ0n) is 9.86. The number of benzene rings is 1. The Labute approximate surface area is 106 Å². The lowest BCUT2D eigenvalue weighted by molar-refractivity contribution is 0.683. The summed E-state index contributed by atoms with van der Waals surface area (Å²) in [7, 11) is 0. The molecule has 17 heavy (non-hydrogen) atoms. The molecule has 0 radical (unpaired) electrons. The van der Waals surface area contributed by atoms with Gasteiger partial charge in [-0.15, -0.1) is 11.3 Å². The Morgan fingerprint density at radius 3 is 2.65 bits per heavy atom. The van der Waals surface area contributed by atoms with Crippen LogP contribution in [0, 0.1) is 0 Å². The van der Waals surface area contributed by atoms with Gasteiger partial charge in [0, 0.05) is 4.88 Å². The van der Waals surface area contributed by atoms with Crippen molar-refractivity contribution in [1.29, 1.82) is 0 Å². The lowest BCUT2D eigenvalue weighted by Gasteiger charge is -2.18. The third-order valence-corrected chi connectivity index (χ3v) is 4.54. The quantitative estimate of drug-likeness (QED) is 0.855. The van der Waals surface area contributed by atoms with Crippen LogP contribution in [0.5, 0.6) is 0 Å². The molecule has 1 aliphatic carbocycles. The lowest BCUT2D eigenvalue weighted by Crippen LogP contribution is -2.12. The maximum atomic E-state index is 6.30. The molecule has 1 nitrogen and oxygen atoms in total. The van der Waals surface area contributed by atoms with E-state index < -0.39 is 0 Å². The molecular weight excluding hydrogens is 226 g/mol. The van der Waals surface area contributed by atoms with Crippen molar-refractivity contribution >= 4 is 11.3 Å². The molecular formula is C15H17NS. The average molecular weight is 243 g/mol. The van der Waals surface area contributed by atoms with E-state index in [1.807, 2.05) is 0 Å². The second-order valence-electron chi connectivity index (χ2n) is 4.73. The fourth-order valence-corrected chi connectivity index (χ4v) is 3.33. The molecule has 0 saturated carbocycles. The molecule has 1 atom stereocenters. The first-order valence-corrected chi connectivity index (χ1v) is 7.13. The first-order chi connectivity index (χ1) is 8.34. The molecule has 2 N–H and O–H groups in total. The second-order valence-corrected chi connectivity index (χ2v) is 5.71. The summed E-state index contributed by atoms with van der Waals surface area (Å²) in [5, 5.41) is 2.09. The summed E-state index contributed by atoms with van der Waals surface area (Å²) in [6.07, 6.45) is 5.12. The van der Waals surface area contributed by atoms with Crippen LogP contribution in [0.2, 0.25) is 0 Å². The third-order valence-electron chi connectivity index (χ3n) is 3.58. The smallest absolute Gasteiger partial charge is 0.0646 e. The summed E-state index contributed by atoms with van der Waals surface area (Å²) in [5.41, 5.74) is 10.6. The van der Waals surface area contributed by atoms with E-state index in [9.17, 15) is 0 Å². The monoisotopic (exact) mass is 243 g/mol. The van der Waals surface area contributed by atoms with Crippen LogP contribution in [-0.2, 0) is 12.8 Å². The molecule has 88 valence electrons. The minimum atomic E-state index is 0.0437. The van der Waals surface area contributed by atoms with Gasteiger partial charge < -0.3 is 5.73 Å². The van der Waals surface area contributed by atoms with Gasteiger partial charge >= 0.3 is 0 Å². The van der Waals surface area contributed by atoms with E-state index in [-0.39, 0.29) is 6.04 Å². The molecule has 0 amide bonds. The fraction of sp³-hybridized carbons (Fsp3) is 0.333. The first-order valence-electron chi connectivity index (χ1n) is 6.25. The number of hydrogen-bond donors (Lipinski definition) is 1. The summed E-state index contributed by atoms with van der Waals surface area (Å²) in [6, 6.07) is 11.0. The van der Waals surface area contributed by atoms with Gasteiger partial charge in [0.15, 0.2) is 0 Å². The molecule has 2 aromatic rings. The van der Waals surface area contributed by atoms with Gasteiger partial charge in [-0.1, -0.05) is 24.3 Å². The van der Waals surface area contributed by atoms with Gasteiger partial charge in [-0.2, -0.15) is 0 Å². The van der Waals surface area contributed by atoms with E-state index >= 15 is 0 Å². The topological polar surface area (TPSA) is 26.0 Å². The molecule has 3 rings (SSSR count). The van der Waals surface area contributed by atoms with Gasteiger partial charge in [-0.3, -0.25) is 0 Å². The van der Waals surface area contributed by atoms with Crippen LogP contribution in [0.3, 0.4) is 0 Å². The number of hydrogen-bond acceptors (Lipinski definition) is 2. The second kappa shape index (κ2) is 4.63. The summed E-state index contributed by atoms with van der Waals surface area (Å²) in [5.74, 6) is 0. The zero-order chi connectivity index (χ0) is 11.7. The lowest BCUT2D eigenvalue weighted by atomic mass is 9.89. The normalized spacial score (nSPS) is 16.5. The molecule has 0 bridgehead atoms. The molecule has 1 aromatic carbocycles.